The number of ether oxygens (including phenoxy) is 1. The molecule has 0 aliphatic heterocycles. The van der Waals surface area contributed by atoms with Gasteiger partial charge < -0.3 is 15.2 Å². The number of rotatable bonds is 5. The molecule has 2 heterocycles. The Morgan fingerprint density at radius 1 is 1.50 bits per heavy atom. The van der Waals surface area contributed by atoms with E-state index in [9.17, 15) is 4.79 Å². The average Bonchev–Trinajstić information content (AvgIpc) is 2.82. The highest BCUT2D eigenvalue weighted by Crippen LogP contribution is 2.05. The molecule has 0 aliphatic rings. The number of hydrogen-bond acceptors (Lipinski definition) is 6. The molecule has 2 N–H and O–H groups in total. The summed E-state index contributed by atoms with van der Waals surface area (Å²) >= 11 is 0. The molecule has 0 radical (unpaired) electrons. The van der Waals surface area contributed by atoms with Gasteiger partial charge in [-0.25, -0.2) is 9.50 Å². The van der Waals surface area contributed by atoms with Gasteiger partial charge in [0.05, 0.1) is 19.3 Å². The van der Waals surface area contributed by atoms with E-state index in [0.717, 1.165) is 11.4 Å². The summed E-state index contributed by atoms with van der Waals surface area (Å²) < 4.78 is 6.40. The molecule has 0 bridgehead atoms. The summed E-state index contributed by atoms with van der Waals surface area (Å²) in [4.78, 5) is 20.3. The number of aryl methyl sites for hydroxylation is 2. The van der Waals surface area contributed by atoms with Crippen LogP contribution < -0.4 is 5.32 Å². The Kier molecular flexibility index (Phi) is 4.26. The monoisotopic (exact) mass is 279 g/mol. The van der Waals surface area contributed by atoms with Gasteiger partial charge in [-0.3, -0.25) is 4.79 Å². The largest absolute Gasteiger partial charge is 0.394 e. The van der Waals surface area contributed by atoms with Gasteiger partial charge >= 0.3 is 0 Å². The Labute approximate surface area is 115 Å². The predicted octanol–water partition coefficient (Wildman–Crippen LogP) is -0.522. The van der Waals surface area contributed by atoms with Crippen LogP contribution in [0.5, 0.6) is 0 Å². The van der Waals surface area contributed by atoms with Crippen LogP contribution in [0.3, 0.4) is 0 Å². The summed E-state index contributed by atoms with van der Waals surface area (Å²) in [7, 11) is 1.49. The van der Waals surface area contributed by atoms with Gasteiger partial charge in [0.1, 0.15) is 0 Å². The first-order valence-corrected chi connectivity index (χ1v) is 6.17. The van der Waals surface area contributed by atoms with E-state index >= 15 is 0 Å². The second-order valence-electron chi connectivity index (χ2n) is 4.49. The maximum Gasteiger partial charge on any atom is 0.291 e. The summed E-state index contributed by atoms with van der Waals surface area (Å²) in [6.45, 7) is 3.70. The van der Waals surface area contributed by atoms with E-state index in [0.29, 0.717) is 5.78 Å². The van der Waals surface area contributed by atoms with Crippen LogP contribution >= 0.6 is 0 Å². The summed E-state index contributed by atoms with van der Waals surface area (Å²) in [6.07, 6.45) is 0. The molecule has 8 nitrogen and oxygen atoms in total. The molecule has 20 heavy (non-hydrogen) atoms. The van der Waals surface area contributed by atoms with Gasteiger partial charge in [0, 0.05) is 18.5 Å². The number of carbonyl (C=O) groups is 1. The first kappa shape index (κ1) is 14.4. The van der Waals surface area contributed by atoms with Crippen LogP contribution in [-0.4, -0.2) is 57.0 Å². The number of carbonyl (C=O) groups excluding carboxylic acids is 1. The first-order chi connectivity index (χ1) is 9.55. The molecule has 1 unspecified atom stereocenters. The molecule has 0 aromatic carbocycles. The lowest BCUT2D eigenvalue weighted by Crippen LogP contribution is -2.41. The van der Waals surface area contributed by atoms with Gasteiger partial charge in [0.15, 0.2) is 0 Å². The molecule has 1 amide bonds. The number of nitrogens with one attached hydrogen (secondary N) is 1. The van der Waals surface area contributed by atoms with Gasteiger partial charge in [0.2, 0.25) is 5.82 Å². The summed E-state index contributed by atoms with van der Waals surface area (Å²) in [5, 5.41) is 15.8. The Morgan fingerprint density at radius 3 is 2.90 bits per heavy atom. The van der Waals surface area contributed by atoms with Crippen molar-refractivity contribution in [2.45, 2.75) is 19.9 Å². The highest BCUT2D eigenvalue weighted by Gasteiger charge is 2.18. The van der Waals surface area contributed by atoms with Gasteiger partial charge in [-0.15, -0.1) is 5.10 Å². The lowest BCUT2D eigenvalue weighted by atomic mass is 10.3. The molecule has 2 rings (SSSR count). The van der Waals surface area contributed by atoms with Crippen LogP contribution in [0.4, 0.5) is 0 Å². The van der Waals surface area contributed by atoms with E-state index in [4.69, 9.17) is 9.84 Å². The van der Waals surface area contributed by atoms with Gasteiger partial charge in [0.25, 0.3) is 11.7 Å². The first-order valence-electron chi connectivity index (χ1n) is 6.17. The number of methoxy groups -OCH3 is 1. The zero-order valence-electron chi connectivity index (χ0n) is 11.6. The number of aliphatic hydroxyl groups is 1. The molecule has 2 aromatic heterocycles. The molecular formula is C12H17N5O3. The smallest absolute Gasteiger partial charge is 0.291 e. The number of aliphatic hydroxyl groups excluding tert-OH is 1. The fourth-order valence-electron chi connectivity index (χ4n) is 1.85. The Bertz CT molecular complexity index is 625. The molecule has 0 fully saturated rings. The van der Waals surface area contributed by atoms with Crippen LogP contribution in [0.2, 0.25) is 0 Å². The molecule has 8 heteroatoms. The fraction of sp³-hybridized carbons (Fsp3) is 0.500. The van der Waals surface area contributed by atoms with Crippen molar-refractivity contribution in [3.05, 3.63) is 23.3 Å². The van der Waals surface area contributed by atoms with E-state index in [1.807, 2.05) is 19.9 Å². The third kappa shape index (κ3) is 2.91. The van der Waals surface area contributed by atoms with Crippen molar-refractivity contribution < 1.29 is 14.6 Å². The second-order valence-corrected chi connectivity index (χ2v) is 4.49. The number of fused-ring (bicyclic) bond motifs is 1. The number of hydrogen-bond donors (Lipinski definition) is 2. The molecule has 0 saturated carbocycles. The van der Waals surface area contributed by atoms with Crippen LogP contribution in [0.15, 0.2) is 6.07 Å². The molecule has 0 saturated heterocycles. The molecule has 2 aromatic rings. The van der Waals surface area contributed by atoms with Gasteiger partial charge in [-0.2, -0.15) is 4.98 Å². The van der Waals surface area contributed by atoms with Crippen LogP contribution in [0.1, 0.15) is 22.0 Å². The highest BCUT2D eigenvalue weighted by atomic mass is 16.5. The zero-order valence-corrected chi connectivity index (χ0v) is 11.6. The predicted molar refractivity (Wildman–Crippen MR) is 70.5 cm³/mol. The third-order valence-electron chi connectivity index (χ3n) is 2.74. The Hall–Kier alpha value is -2.06. The van der Waals surface area contributed by atoms with Crippen molar-refractivity contribution in [3.63, 3.8) is 0 Å². The lowest BCUT2D eigenvalue weighted by Gasteiger charge is -2.13. The minimum atomic E-state index is -0.491. The van der Waals surface area contributed by atoms with Crippen molar-refractivity contribution >= 4 is 11.7 Å². The standard InChI is InChI=1S/C12H17N5O3/c1-7-4-8(2)17-12(13-7)15-10(16-17)11(19)14-9(5-18)6-20-3/h4,9,18H,5-6H2,1-3H3,(H,14,19). The maximum absolute atomic E-state index is 12.0. The number of nitrogens with zero attached hydrogens (tertiary/aromatic N) is 4. The Morgan fingerprint density at radius 2 is 2.25 bits per heavy atom. The topological polar surface area (TPSA) is 102 Å². The molecule has 0 spiro atoms. The van der Waals surface area contributed by atoms with E-state index in [1.165, 1.54) is 11.6 Å². The maximum atomic E-state index is 12.0. The number of aromatic nitrogens is 4. The fourth-order valence-corrected chi connectivity index (χ4v) is 1.85. The average molecular weight is 279 g/mol. The quantitative estimate of drug-likeness (QED) is 0.763. The number of amides is 1. The van der Waals surface area contributed by atoms with Crippen LogP contribution in [0, 0.1) is 13.8 Å². The van der Waals surface area contributed by atoms with Crippen molar-refractivity contribution in [1.29, 1.82) is 0 Å². The van der Waals surface area contributed by atoms with Crippen molar-refractivity contribution in [1.82, 2.24) is 24.9 Å². The minimum absolute atomic E-state index is 0.0146. The van der Waals surface area contributed by atoms with Gasteiger partial charge in [-0.05, 0) is 19.9 Å². The van der Waals surface area contributed by atoms with E-state index < -0.39 is 11.9 Å². The third-order valence-corrected chi connectivity index (χ3v) is 2.74. The molecule has 108 valence electrons. The minimum Gasteiger partial charge on any atom is -0.394 e. The highest BCUT2D eigenvalue weighted by molar-refractivity contribution is 5.91. The van der Waals surface area contributed by atoms with Crippen LogP contribution in [0.25, 0.3) is 5.78 Å². The van der Waals surface area contributed by atoms with E-state index in [1.54, 1.807) is 0 Å². The summed E-state index contributed by atoms with van der Waals surface area (Å²) in [6, 6.07) is 1.36. The van der Waals surface area contributed by atoms with Crippen LogP contribution in [-0.2, 0) is 4.74 Å². The lowest BCUT2D eigenvalue weighted by molar-refractivity contribution is 0.0830. The Balaban J connectivity index is 2.24. The second kappa shape index (κ2) is 5.93. The van der Waals surface area contributed by atoms with Crippen molar-refractivity contribution in [2.75, 3.05) is 20.3 Å². The SMILES string of the molecule is COCC(CO)NC(=O)c1nc2nc(C)cc(C)n2n1. The molecule has 1 atom stereocenters. The normalized spacial score (nSPS) is 12.6. The zero-order chi connectivity index (χ0) is 14.7. The summed E-state index contributed by atoms with van der Waals surface area (Å²) in [5.41, 5.74) is 1.65. The van der Waals surface area contributed by atoms with Crippen molar-refractivity contribution in [3.8, 4) is 0 Å². The summed E-state index contributed by atoms with van der Waals surface area (Å²) in [5.74, 6) is -0.0793. The van der Waals surface area contributed by atoms with E-state index in [2.05, 4.69) is 20.4 Å². The van der Waals surface area contributed by atoms with Crippen molar-refractivity contribution in [2.24, 2.45) is 0 Å². The van der Waals surface area contributed by atoms with E-state index in [-0.39, 0.29) is 19.0 Å². The molecular weight excluding hydrogens is 262 g/mol. The van der Waals surface area contributed by atoms with Gasteiger partial charge in [-0.1, -0.05) is 0 Å². The molecule has 0 aliphatic carbocycles.